The first-order valence-corrected chi connectivity index (χ1v) is 7.00. The molecule has 2 heterocycles. The van der Waals surface area contributed by atoms with Gasteiger partial charge < -0.3 is 20.8 Å². The maximum atomic E-state index is 11.5. The average Bonchev–Trinajstić information content (AvgIpc) is 2.82. The van der Waals surface area contributed by atoms with Gasteiger partial charge >= 0.3 is 0 Å². The molecule has 1 aromatic rings. The molecule has 1 aromatic carbocycles. The minimum Gasteiger partial charge on any atom is -0.488 e. The van der Waals surface area contributed by atoms with E-state index < -0.39 is 0 Å². The predicted octanol–water partition coefficient (Wildman–Crippen LogP) is 1.42. The van der Waals surface area contributed by atoms with Crippen LogP contribution >= 0.6 is 0 Å². The molecule has 0 saturated carbocycles. The molecule has 106 valence electrons. The Labute approximate surface area is 118 Å². The van der Waals surface area contributed by atoms with Gasteiger partial charge in [0.25, 0.3) is 0 Å². The van der Waals surface area contributed by atoms with Gasteiger partial charge in [-0.05, 0) is 24.5 Å². The summed E-state index contributed by atoms with van der Waals surface area (Å²) in [6.45, 7) is 3.35. The molecule has 2 aliphatic heterocycles. The first-order valence-electron chi connectivity index (χ1n) is 7.00. The average molecular weight is 273 g/mol. The molecule has 0 saturated heterocycles. The van der Waals surface area contributed by atoms with E-state index in [1.54, 1.807) is 0 Å². The van der Waals surface area contributed by atoms with E-state index in [1.807, 2.05) is 6.92 Å². The zero-order chi connectivity index (χ0) is 14.1. The number of carbonyl (C=O) groups excluding carboxylic acids is 1. The maximum absolute atomic E-state index is 11.5. The Hall–Kier alpha value is -1.88. The summed E-state index contributed by atoms with van der Waals surface area (Å²) in [4.78, 5) is 11.5. The molecule has 3 N–H and O–H groups in total. The molecule has 3 rings (SSSR count). The third-order valence-electron chi connectivity index (χ3n) is 3.87. The molecule has 20 heavy (non-hydrogen) atoms. The van der Waals surface area contributed by atoms with Crippen LogP contribution < -0.4 is 15.4 Å². The van der Waals surface area contributed by atoms with Crippen LogP contribution in [0.2, 0.25) is 0 Å². The zero-order valence-corrected chi connectivity index (χ0v) is 11.6. The molecule has 1 amide bonds. The summed E-state index contributed by atoms with van der Waals surface area (Å²) >= 11 is 0. The van der Waals surface area contributed by atoms with Crippen LogP contribution in [0.1, 0.15) is 23.1 Å². The number of rotatable bonds is 4. The van der Waals surface area contributed by atoms with Gasteiger partial charge in [0.2, 0.25) is 5.91 Å². The number of hydrogen-bond donors (Lipinski definition) is 3. The van der Waals surface area contributed by atoms with Gasteiger partial charge in [0.05, 0.1) is 5.69 Å². The lowest BCUT2D eigenvalue weighted by molar-refractivity contribution is -0.116. The molecule has 1 atom stereocenters. The van der Waals surface area contributed by atoms with E-state index in [0.29, 0.717) is 13.0 Å². The van der Waals surface area contributed by atoms with Crippen LogP contribution in [0.25, 0.3) is 0 Å². The summed E-state index contributed by atoms with van der Waals surface area (Å²) < 4.78 is 6.05. The Morgan fingerprint density at radius 2 is 2.40 bits per heavy atom. The second-order valence-corrected chi connectivity index (χ2v) is 5.39. The van der Waals surface area contributed by atoms with Crippen LogP contribution in [0.15, 0.2) is 6.07 Å². The first-order chi connectivity index (χ1) is 9.69. The SMILES string of the molecule is Cc1cc2c(c3c1NC(=O)CC3)OC(CNCC=N)C2. The quantitative estimate of drug-likeness (QED) is 0.574. The number of benzene rings is 1. The van der Waals surface area contributed by atoms with E-state index >= 15 is 0 Å². The summed E-state index contributed by atoms with van der Waals surface area (Å²) in [5.74, 6) is 1.05. The molecule has 2 aliphatic rings. The number of fused-ring (bicyclic) bond motifs is 3. The van der Waals surface area contributed by atoms with E-state index in [0.717, 1.165) is 42.0 Å². The number of carbonyl (C=O) groups is 1. The van der Waals surface area contributed by atoms with Crippen LogP contribution in [-0.2, 0) is 17.6 Å². The second-order valence-electron chi connectivity index (χ2n) is 5.39. The fraction of sp³-hybridized carbons (Fsp3) is 0.467. The Morgan fingerprint density at radius 1 is 1.55 bits per heavy atom. The third kappa shape index (κ3) is 2.29. The first kappa shape index (κ1) is 13.1. The molecule has 5 nitrogen and oxygen atoms in total. The van der Waals surface area contributed by atoms with Crippen LogP contribution in [0.5, 0.6) is 5.75 Å². The van der Waals surface area contributed by atoms with Crippen molar-refractivity contribution < 1.29 is 9.53 Å². The van der Waals surface area contributed by atoms with Crippen molar-refractivity contribution in [1.82, 2.24) is 5.32 Å². The Bertz CT molecular complexity index is 569. The molecular weight excluding hydrogens is 254 g/mol. The highest BCUT2D eigenvalue weighted by atomic mass is 16.5. The molecule has 0 radical (unpaired) electrons. The lowest BCUT2D eigenvalue weighted by Gasteiger charge is -2.22. The Kier molecular flexibility index (Phi) is 3.44. The van der Waals surface area contributed by atoms with Crippen molar-refractivity contribution in [2.75, 3.05) is 18.4 Å². The summed E-state index contributed by atoms with van der Waals surface area (Å²) in [6, 6.07) is 2.12. The predicted molar refractivity (Wildman–Crippen MR) is 77.9 cm³/mol. The topological polar surface area (TPSA) is 74.2 Å². The van der Waals surface area contributed by atoms with Crippen molar-refractivity contribution in [2.45, 2.75) is 32.3 Å². The van der Waals surface area contributed by atoms with Gasteiger partial charge in [0.15, 0.2) is 0 Å². The van der Waals surface area contributed by atoms with E-state index in [9.17, 15) is 4.79 Å². The van der Waals surface area contributed by atoms with Crippen molar-refractivity contribution in [3.8, 4) is 5.75 Å². The number of nitrogens with one attached hydrogen (secondary N) is 3. The molecule has 0 fully saturated rings. The van der Waals surface area contributed by atoms with E-state index in [4.69, 9.17) is 10.1 Å². The van der Waals surface area contributed by atoms with Gasteiger partial charge in [-0.15, -0.1) is 0 Å². The fourth-order valence-electron chi connectivity index (χ4n) is 2.98. The van der Waals surface area contributed by atoms with Gasteiger partial charge in [0, 0.05) is 37.7 Å². The van der Waals surface area contributed by atoms with Crippen LogP contribution in [0.4, 0.5) is 5.69 Å². The molecule has 0 aliphatic carbocycles. The normalized spacial score (nSPS) is 19.9. The number of ether oxygens (including phenoxy) is 1. The largest absolute Gasteiger partial charge is 0.488 e. The maximum Gasteiger partial charge on any atom is 0.224 e. The van der Waals surface area contributed by atoms with E-state index in [2.05, 4.69) is 16.7 Å². The lowest BCUT2D eigenvalue weighted by atomic mass is 9.94. The highest BCUT2D eigenvalue weighted by molar-refractivity contribution is 5.95. The highest BCUT2D eigenvalue weighted by Crippen LogP contribution is 2.41. The summed E-state index contributed by atoms with van der Waals surface area (Å²) in [6.07, 6.45) is 3.65. The van der Waals surface area contributed by atoms with Gasteiger partial charge in [-0.3, -0.25) is 4.79 Å². The smallest absolute Gasteiger partial charge is 0.224 e. The summed E-state index contributed by atoms with van der Waals surface area (Å²) in [5.41, 5.74) is 4.44. The number of amides is 1. The zero-order valence-electron chi connectivity index (χ0n) is 11.6. The van der Waals surface area contributed by atoms with Gasteiger partial charge in [-0.2, -0.15) is 0 Å². The van der Waals surface area contributed by atoms with Gasteiger partial charge in [-0.25, -0.2) is 0 Å². The van der Waals surface area contributed by atoms with Crippen molar-refractivity contribution >= 4 is 17.8 Å². The minimum absolute atomic E-state index is 0.0859. The van der Waals surface area contributed by atoms with Crippen LogP contribution in [-0.4, -0.2) is 31.3 Å². The second kappa shape index (κ2) is 5.25. The van der Waals surface area contributed by atoms with Crippen LogP contribution in [0, 0.1) is 12.3 Å². The molecule has 0 aromatic heterocycles. The van der Waals surface area contributed by atoms with Gasteiger partial charge in [-0.1, -0.05) is 6.07 Å². The van der Waals surface area contributed by atoms with E-state index in [1.165, 1.54) is 11.8 Å². The number of anilines is 1. The molecule has 0 spiro atoms. The number of hydrogen-bond acceptors (Lipinski definition) is 4. The number of aryl methyl sites for hydroxylation is 1. The van der Waals surface area contributed by atoms with Gasteiger partial charge in [0.1, 0.15) is 11.9 Å². The van der Waals surface area contributed by atoms with E-state index in [-0.39, 0.29) is 12.0 Å². The fourth-order valence-corrected chi connectivity index (χ4v) is 2.98. The van der Waals surface area contributed by atoms with Crippen molar-refractivity contribution in [3.05, 3.63) is 22.8 Å². The summed E-state index contributed by atoms with van der Waals surface area (Å²) in [5, 5.41) is 13.1. The standard InChI is InChI=1S/C15H19N3O2/c1-9-6-10-7-11(8-17-5-4-16)20-15(10)12-2-3-13(19)18-14(9)12/h4,6,11,16-17H,2-3,5,7-8H2,1H3,(H,18,19). The summed E-state index contributed by atoms with van der Waals surface area (Å²) in [7, 11) is 0. The molecule has 5 heteroatoms. The van der Waals surface area contributed by atoms with Crippen LogP contribution in [0.3, 0.4) is 0 Å². The highest BCUT2D eigenvalue weighted by Gasteiger charge is 2.30. The Balaban J connectivity index is 1.83. The van der Waals surface area contributed by atoms with Crippen molar-refractivity contribution in [3.63, 3.8) is 0 Å². The molecule has 1 unspecified atom stereocenters. The van der Waals surface area contributed by atoms with Crippen molar-refractivity contribution in [2.24, 2.45) is 0 Å². The van der Waals surface area contributed by atoms with Crippen molar-refractivity contribution in [1.29, 1.82) is 5.41 Å². The lowest BCUT2D eigenvalue weighted by Crippen LogP contribution is -2.31. The molecular formula is C15H19N3O2. The third-order valence-corrected chi connectivity index (χ3v) is 3.87. The monoisotopic (exact) mass is 273 g/mol. The minimum atomic E-state index is 0.0859. The Morgan fingerprint density at radius 3 is 3.20 bits per heavy atom. The molecule has 0 bridgehead atoms.